The van der Waals surface area contributed by atoms with E-state index in [1.165, 1.54) is 20.2 Å². The lowest BCUT2D eigenvalue weighted by Gasteiger charge is -2.10. The van der Waals surface area contributed by atoms with Crippen molar-refractivity contribution in [3.05, 3.63) is 47.1 Å². The molecule has 0 saturated carbocycles. The summed E-state index contributed by atoms with van der Waals surface area (Å²) < 4.78 is 44.9. The van der Waals surface area contributed by atoms with Gasteiger partial charge in [-0.2, -0.15) is 23.3 Å². The van der Waals surface area contributed by atoms with Crippen molar-refractivity contribution in [3.8, 4) is 23.1 Å². The fourth-order valence-electron chi connectivity index (χ4n) is 2.15. The normalized spacial score (nSPS) is 11.5. The van der Waals surface area contributed by atoms with E-state index < -0.39 is 11.9 Å². The van der Waals surface area contributed by atoms with Crippen LogP contribution in [-0.2, 0) is 18.1 Å². The second-order valence-corrected chi connectivity index (χ2v) is 5.76. The Hall–Kier alpha value is -2.85. The van der Waals surface area contributed by atoms with Crippen LogP contribution in [0.2, 0.25) is 5.02 Å². The minimum Gasteiger partial charge on any atom is -0.421 e. The fourth-order valence-corrected chi connectivity index (χ4v) is 2.28. The molecule has 142 valence electrons. The quantitative estimate of drug-likeness (QED) is 0.644. The van der Waals surface area contributed by atoms with Crippen molar-refractivity contribution >= 4 is 17.4 Å². The number of nitrogens with one attached hydrogen (secondary N) is 1. The first-order chi connectivity index (χ1) is 12.8. The van der Waals surface area contributed by atoms with E-state index in [9.17, 15) is 13.2 Å². The molecule has 0 fully saturated rings. The smallest absolute Gasteiger partial charge is 0.421 e. The summed E-state index contributed by atoms with van der Waals surface area (Å²) in [6.07, 6.45) is -4.58. The highest BCUT2D eigenvalue weighted by Gasteiger charge is 2.35. The van der Waals surface area contributed by atoms with Crippen LogP contribution in [-0.4, -0.2) is 26.9 Å². The maximum Gasteiger partial charge on any atom is 0.435 e. The molecule has 0 atom stereocenters. The molecule has 3 aromatic rings. The highest BCUT2D eigenvalue weighted by atomic mass is 35.5. The summed E-state index contributed by atoms with van der Waals surface area (Å²) in [5, 5.41) is 3.93. The second-order valence-electron chi connectivity index (χ2n) is 5.32. The molecular formula is C16H13ClF3N5O2. The molecule has 0 saturated heterocycles. The number of halogens is 4. The van der Waals surface area contributed by atoms with E-state index in [0.717, 1.165) is 10.7 Å². The molecule has 0 unspecified atom stereocenters. The number of rotatable bonds is 5. The molecule has 0 radical (unpaired) electrons. The molecule has 1 aromatic carbocycles. The number of hydrogen-bond donors (Lipinski definition) is 1. The van der Waals surface area contributed by atoms with Crippen molar-refractivity contribution in [3.63, 3.8) is 0 Å². The summed E-state index contributed by atoms with van der Waals surface area (Å²) in [5.41, 5.74) is 2.10. The SMILES string of the molecule is CONc1cc(Oc2cc(C(F)(F)F)nn2C)nc(-c2ccc(Cl)cc2)n1. The molecule has 2 heterocycles. The van der Waals surface area contributed by atoms with Gasteiger partial charge in [0.15, 0.2) is 17.3 Å². The van der Waals surface area contributed by atoms with Gasteiger partial charge in [0.1, 0.15) is 0 Å². The van der Waals surface area contributed by atoms with E-state index >= 15 is 0 Å². The van der Waals surface area contributed by atoms with Crippen LogP contribution in [0.25, 0.3) is 11.4 Å². The minimum atomic E-state index is -4.58. The van der Waals surface area contributed by atoms with Gasteiger partial charge in [-0.15, -0.1) is 0 Å². The van der Waals surface area contributed by atoms with Crippen LogP contribution in [0, 0.1) is 0 Å². The Balaban J connectivity index is 1.97. The highest BCUT2D eigenvalue weighted by molar-refractivity contribution is 6.30. The van der Waals surface area contributed by atoms with Gasteiger partial charge in [-0.25, -0.2) is 15.1 Å². The molecule has 2 aromatic heterocycles. The molecule has 0 aliphatic carbocycles. The number of alkyl halides is 3. The molecule has 0 amide bonds. The Morgan fingerprint density at radius 1 is 1.11 bits per heavy atom. The topological polar surface area (TPSA) is 74.1 Å². The van der Waals surface area contributed by atoms with E-state index in [1.54, 1.807) is 24.3 Å². The Morgan fingerprint density at radius 3 is 2.41 bits per heavy atom. The summed E-state index contributed by atoms with van der Waals surface area (Å²) in [6.45, 7) is 0. The van der Waals surface area contributed by atoms with Crippen LogP contribution in [0.4, 0.5) is 19.0 Å². The Bertz CT molecular complexity index is 944. The van der Waals surface area contributed by atoms with Gasteiger partial charge in [0.2, 0.25) is 11.8 Å². The fraction of sp³-hybridized carbons (Fsp3) is 0.188. The first-order valence-corrected chi connectivity index (χ1v) is 7.87. The van der Waals surface area contributed by atoms with Crippen LogP contribution < -0.4 is 10.2 Å². The largest absolute Gasteiger partial charge is 0.435 e. The number of nitrogens with zero attached hydrogens (tertiary/aromatic N) is 4. The number of aryl methyl sites for hydroxylation is 1. The van der Waals surface area contributed by atoms with Gasteiger partial charge in [-0.3, -0.25) is 4.84 Å². The van der Waals surface area contributed by atoms with Crippen molar-refractivity contribution in [2.75, 3.05) is 12.6 Å². The van der Waals surface area contributed by atoms with Crippen LogP contribution in [0.1, 0.15) is 5.69 Å². The Kier molecular flexibility index (Phi) is 5.19. The van der Waals surface area contributed by atoms with Crippen molar-refractivity contribution < 1.29 is 22.7 Å². The second kappa shape index (κ2) is 7.41. The zero-order chi connectivity index (χ0) is 19.6. The average molecular weight is 400 g/mol. The number of anilines is 1. The van der Waals surface area contributed by atoms with E-state index in [4.69, 9.17) is 21.2 Å². The predicted molar refractivity (Wildman–Crippen MR) is 91.4 cm³/mol. The lowest BCUT2D eigenvalue weighted by Crippen LogP contribution is -2.06. The van der Waals surface area contributed by atoms with Crippen LogP contribution in [0.3, 0.4) is 0 Å². The number of benzene rings is 1. The van der Waals surface area contributed by atoms with Gasteiger partial charge in [0.05, 0.1) is 7.11 Å². The maximum atomic E-state index is 12.8. The minimum absolute atomic E-state index is 0.00576. The summed E-state index contributed by atoms with van der Waals surface area (Å²) in [4.78, 5) is 13.3. The third kappa shape index (κ3) is 4.47. The molecule has 0 bridgehead atoms. The van der Waals surface area contributed by atoms with Gasteiger partial charge in [-0.05, 0) is 24.3 Å². The first kappa shape index (κ1) is 18.9. The standard InChI is InChI=1S/C16H13ClF3N5O2/c1-25-14(7-11(23-25)16(18,19)20)27-13-8-12(24-26-2)21-15(22-13)9-3-5-10(17)6-4-9/h3-8H,1-2H3,(H,21,22,24). The van der Waals surface area contributed by atoms with Gasteiger partial charge >= 0.3 is 6.18 Å². The Morgan fingerprint density at radius 2 is 1.81 bits per heavy atom. The summed E-state index contributed by atoms with van der Waals surface area (Å²) in [7, 11) is 2.72. The number of ether oxygens (including phenoxy) is 1. The molecule has 7 nitrogen and oxygen atoms in total. The number of aromatic nitrogens is 4. The van der Waals surface area contributed by atoms with Crippen molar-refractivity contribution in [2.45, 2.75) is 6.18 Å². The van der Waals surface area contributed by atoms with E-state index in [-0.39, 0.29) is 23.4 Å². The van der Waals surface area contributed by atoms with Crippen LogP contribution in [0.5, 0.6) is 11.8 Å². The summed E-state index contributed by atoms with van der Waals surface area (Å²) >= 11 is 5.88. The molecule has 3 rings (SSSR count). The lowest BCUT2D eigenvalue weighted by molar-refractivity contribution is -0.141. The summed E-state index contributed by atoms with van der Waals surface area (Å²) in [5.74, 6) is 0.394. The van der Waals surface area contributed by atoms with Gasteiger partial charge in [0, 0.05) is 29.8 Å². The zero-order valence-electron chi connectivity index (χ0n) is 14.1. The monoisotopic (exact) mass is 399 g/mol. The third-order valence-corrected chi connectivity index (χ3v) is 3.60. The van der Waals surface area contributed by atoms with Crippen LogP contribution >= 0.6 is 11.6 Å². The van der Waals surface area contributed by atoms with Gasteiger partial charge in [0.25, 0.3) is 0 Å². The predicted octanol–water partition coefficient (Wildman–Crippen LogP) is 4.31. The lowest BCUT2D eigenvalue weighted by atomic mass is 10.2. The molecular weight excluding hydrogens is 387 g/mol. The first-order valence-electron chi connectivity index (χ1n) is 7.49. The van der Waals surface area contributed by atoms with E-state index in [0.29, 0.717) is 10.6 Å². The van der Waals surface area contributed by atoms with Gasteiger partial charge < -0.3 is 4.74 Å². The van der Waals surface area contributed by atoms with Crippen molar-refractivity contribution in [2.24, 2.45) is 7.05 Å². The molecule has 1 N–H and O–H groups in total. The zero-order valence-corrected chi connectivity index (χ0v) is 14.8. The van der Waals surface area contributed by atoms with Crippen molar-refractivity contribution in [1.82, 2.24) is 19.7 Å². The Labute approximate surface area is 156 Å². The maximum absolute atomic E-state index is 12.8. The van der Waals surface area contributed by atoms with E-state index in [2.05, 4.69) is 20.5 Å². The molecule has 0 aliphatic heterocycles. The molecule has 0 aliphatic rings. The number of hydrogen-bond acceptors (Lipinski definition) is 6. The molecule has 27 heavy (non-hydrogen) atoms. The summed E-state index contributed by atoms with van der Waals surface area (Å²) in [6, 6.07) is 8.88. The third-order valence-electron chi connectivity index (χ3n) is 3.35. The molecule has 11 heteroatoms. The average Bonchev–Trinajstić information content (AvgIpc) is 2.97. The highest BCUT2D eigenvalue weighted by Crippen LogP contribution is 2.32. The van der Waals surface area contributed by atoms with Gasteiger partial charge in [-0.1, -0.05) is 11.6 Å². The van der Waals surface area contributed by atoms with Crippen LogP contribution in [0.15, 0.2) is 36.4 Å². The van der Waals surface area contributed by atoms with E-state index in [1.807, 2.05) is 0 Å². The van der Waals surface area contributed by atoms with Crippen molar-refractivity contribution in [1.29, 1.82) is 0 Å². The molecule has 0 spiro atoms.